The maximum absolute atomic E-state index is 13.6. The minimum atomic E-state index is -1.35. The number of nitrogens with zero attached hydrogens (tertiary/aromatic N) is 1. The van der Waals surface area contributed by atoms with Gasteiger partial charge in [-0.25, -0.2) is 0 Å². The number of hydrogen-bond acceptors (Lipinski definition) is 5. The lowest BCUT2D eigenvalue weighted by Crippen LogP contribution is -2.53. The molecular formula is C24H24ClN3O4. The van der Waals surface area contributed by atoms with Crippen LogP contribution < -0.4 is 10.6 Å². The van der Waals surface area contributed by atoms with Crippen LogP contribution in [0.2, 0.25) is 5.02 Å². The van der Waals surface area contributed by atoms with Crippen LogP contribution in [0.15, 0.2) is 42.5 Å². The average Bonchev–Trinajstić information content (AvgIpc) is 3.35. The number of nitrogens with one attached hydrogen (secondary N) is 2. The van der Waals surface area contributed by atoms with Crippen LogP contribution in [-0.4, -0.2) is 40.3 Å². The lowest BCUT2D eigenvalue weighted by molar-refractivity contribution is -0.142. The Balaban J connectivity index is 1.61. The van der Waals surface area contributed by atoms with E-state index >= 15 is 0 Å². The molecule has 2 saturated heterocycles. The monoisotopic (exact) mass is 453 g/mol. The van der Waals surface area contributed by atoms with Crippen molar-refractivity contribution < 1.29 is 19.5 Å². The van der Waals surface area contributed by atoms with E-state index in [0.717, 1.165) is 12.0 Å². The molecule has 32 heavy (non-hydrogen) atoms. The number of likely N-dealkylation sites (tertiary alicyclic amines) is 1. The van der Waals surface area contributed by atoms with Crippen molar-refractivity contribution in [3.8, 4) is 5.75 Å². The number of carbonyl (C=O) groups is 3. The zero-order valence-electron chi connectivity index (χ0n) is 17.6. The molecule has 0 bridgehead atoms. The molecule has 166 valence electrons. The summed E-state index contributed by atoms with van der Waals surface area (Å²) in [6.45, 7) is 2.36. The molecule has 0 unspecified atom stereocenters. The van der Waals surface area contributed by atoms with Crippen LogP contribution in [0.4, 0.5) is 5.69 Å². The second-order valence-corrected chi connectivity index (χ2v) is 9.14. The van der Waals surface area contributed by atoms with Gasteiger partial charge in [0.25, 0.3) is 0 Å². The number of amides is 3. The highest BCUT2D eigenvalue weighted by Crippen LogP contribution is 2.54. The third-order valence-electron chi connectivity index (χ3n) is 6.92. The van der Waals surface area contributed by atoms with Crippen molar-refractivity contribution in [2.45, 2.75) is 37.8 Å². The van der Waals surface area contributed by atoms with Gasteiger partial charge in [-0.05, 0) is 36.6 Å². The first-order chi connectivity index (χ1) is 15.4. The number of rotatable bonds is 5. The van der Waals surface area contributed by atoms with Crippen molar-refractivity contribution in [2.75, 3.05) is 11.9 Å². The van der Waals surface area contributed by atoms with E-state index in [0.29, 0.717) is 35.7 Å². The molecule has 3 amide bonds. The lowest BCUT2D eigenvalue weighted by Gasteiger charge is -2.29. The Bertz CT molecular complexity index is 1120. The molecule has 0 aliphatic carbocycles. The van der Waals surface area contributed by atoms with Gasteiger partial charge in [0.2, 0.25) is 17.7 Å². The van der Waals surface area contributed by atoms with Gasteiger partial charge in [-0.2, -0.15) is 0 Å². The number of phenols is 1. The smallest absolute Gasteiger partial charge is 0.250 e. The zero-order valence-corrected chi connectivity index (χ0v) is 18.4. The fourth-order valence-corrected chi connectivity index (χ4v) is 5.67. The Morgan fingerprint density at radius 2 is 1.84 bits per heavy atom. The van der Waals surface area contributed by atoms with Gasteiger partial charge < -0.3 is 10.4 Å². The number of halogens is 1. The number of imide groups is 1. The van der Waals surface area contributed by atoms with Crippen molar-refractivity contribution in [1.82, 2.24) is 10.2 Å². The highest BCUT2D eigenvalue weighted by Gasteiger charge is 2.70. The molecular weight excluding hydrogens is 430 g/mol. The summed E-state index contributed by atoms with van der Waals surface area (Å²) in [5.41, 5.74) is 0.646. The van der Waals surface area contributed by atoms with Crippen LogP contribution in [0.1, 0.15) is 30.9 Å². The van der Waals surface area contributed by atoms with E-state index in [1.165, 1.54) is 4.90 Å². The molecule has 0 saturated carbocycles. The predicted octanol–water partition coefficient (Wildman–Crippen LogP) is 2.81. The number of fused-ring (bicyclic) bond motifs is 4. The second kappa shape index (κ2) is 7.60. The Hall–Kier alpha value is -2.90. The van der Waals surface area contributed by atoms with E-state index in [4.69, 9.17) is 11.6 Å². The highest BCUT2D eigenvalue weighted by molar-refractivity contribution is 6.35. The third kappa shape index (κ3) is 2.88. The Labute approximate surface area is 190 Å². The third-order valence-corrected chi connectivity index (χ3v) is 7.23. The van der Waals surface area contributed by atoms with Gasteiger partial charge >= 0.3 is 0 Å². The molecule has 1 spiro atoms. The number of anilines is 1. The van der Waals surface area contributed by atoms with Crippen molar-refractivity contribution in [3.63, 3.8) is 0 Å². The fourth-order valence-electron chi connectivity index (χ4n) is 5.45. The Morgan fingerprint density at radius 3 is 2.56 bits per heavy atom. The largest absolute Gasteiger partial charge is 0.508 e. The summed E-state index contributed by atoms with van der Waals surface area (Å²) in [5.74, 6) is -2.25. The number of phenolic OH excluding ortho intramolecular Hbond substituents is 1. The minimum absolute atomic E-state index is 0.152. The van der Waals surface area contributed by atoms with Gasteiger partial charge in [0, 0.05) is 18.2 Å². The number of para-hydroxylation sites is 1. The van der Waals surface area contributed by atoms with Crippen LogP contribution in [0.3, 0.4) is 0 Å². The second-order valence-electron chi connectivity index (χ2n) is 8.73. The lowest BCUT2D eigenvalue weighted by atomic mass is 9.76. The normalized spacial score (nSPS) is 28.4. The van der Waals surface area contributed by atoms with Gasteiger partial charge in [-0.1, -0.05) is 49.2 Å². The highest BCUT2D eigenvalue weighted by atomic mass is 35.5. The minimum Gasteiger partial charge on any atom is -0.508 e. The summed E-state index contributed by atoms with van der Waals surface area (Å²) in [6.07, 6.45) is 2.01. The first-order valence-corrected chi connectivity index (χ1v) is 11.3. The van der Waals surface area contributed by atoms with Gasteiger partial charge in [0.15, 0.2) is 0 Å². The molecule has 8 heteroatoms. The molecule has 3 aliphatic heterocycles. The van der Waals surface area contributed by atoms with E-state index in [9.17, 15) is 19.5 Å². The molecule has 2 aromatic rings. The zero-order chi connectivity index (χ0) is 22.6. The van der Waals surface area contributed by atoms with Crippen molar-refractivity contribution in [1.29, 1.82) is 0 Å². The summed E-state index contributed by atoms with van der Waals surface area (Å²) >= 11 is 6.35. The average molecular weight is 454 g/mol. The Morgan fingerprint density at radius 1 is 1.09 bits per heavy atom. The number of unbranched alkanes of at least 4 members (excludes halogenated alkanes) is 1. The molecule has 0 aromatic heterocycles. The van der Waals surface area contributed by atoms with Gasteiger partial charge in [-0.15, -0.1) is 0 Å². The summed E-state index contributed by atoms with van der Waals surface area (Å²) < 4.78 is 0. The van der Waals surface area contributed by atoms with E-state index in [1.54, 1.807) is 42.5 Å². The number of benzene rings is 2. The van der Waals surface area contributed by atoms with E-state index < -0.39 is 23.4 Å². The van der Waals surface area contributed by atoms with Crippen molar-refractivity contribution >= 4 is 35.0 Å². The Kier molecular flexibility index (Phi) is 4.98. The van der Waals surface area contributed by atoms with Crippen molar-refractivity contribution in [3.05, 3.63) is 58.6 Å². The van der Waals surface area contributed by atoms with Gasteiger partial charge in [0.05, 0.1) is 22.5 Å². The molecule has 5 rings (SSSR count). The van der Waals surface area contributed by atoms with Crippen LogP contribution in [-0.2, 0) is 26.3 Å². The molecule has 3 N–H and O–H groups in total. The van der Waals surface area contributed by atoms with Gasteiger partial charge in [-0.3, -0.25) is 24.6 Å². The number of aromatic hydroxyl groups is 1. The van der Waals surface area contributed by atoms with Crippen LogP contribution in [0.5, 0.6) is 5.75 Å². The molecule has 3 aliphatic rings. The van der Waals surface area contributed by atoms with E-state index in [2.05, 4.69) is 10.6 Å². The molecule has 2 fully saturated rings. The molecule has 7 nitrogen and oxygen atoms in total. The number of carbonyl (C=O) groups excluding carboxylic acids is 3. The van der Waals surface area contributed by atoms with Crippen LogP contribution in [0, 0.1) is 11.8 Å². The van der Waals surface area contributed by atoms with Crippen LogP contribution in [0.25, 0.3) is 0 Å². The summed E-state index contributed by atoms with van der Waals surface area (Å²) in [6, 6.07) is 11.5. The maximum Gasteiger partial charge on any atom is 0.250 e. The molecule has 0 radical (unpaired) electrons. The first kappa shape index (κ1) is 21.0. The first-order valence-electron chi connectivity index (χ1n) is 10.9. The maximum atomic E-state index is 13.6. The topological polar surface area (TPSA) is 98.7 Å². The SMILES string of the molecule is CCCCN1C(=O)[C@H]2[C@@H](C1=O)[C@@]1(N[C@@H]2Cc2ccc(O)cc2)C(=O)Nc2c(Cl)cccc21. The van der Waals surface area contributed by atoms with Gasteiger partial charge in [0.1, 0.15) is 11.3 Å². The summed E-state index contributed by atoms with van der Waals surface area (Å²) in [5, 5.41) is 16.3. The predicted molar refractivity (Wildman–Crippen MR) is 119 cm³/mol. The van der Waals surface area contributed by atoms with Crippen molar-refractivity contribution in [2.24, 2.45) is 11.8 Å². The fraction of sp³-hybridized carbons (Fsp3) is 0.375. The van der Waals surface area contributed by atoms with E-state index in [-0.39, 0.29) is 23.5 Å². The number of hydrogen-bond donors (Lipinski definition) is 3. The molecule has 2 aromatic carbocycles. The molecule has 4 atom stereocenters. The quantitative estimate of drug-likeness (QED) is 0.605. The summed E-state index contributed by atoms with van der Waals surface area (Å²) in [7, 11) is 0. The summed E-state index contributed by atoms with van der Waals surface area (Å²) in [4.78, 5) is 41.8. The standard InChI is InChI=1S/C24H24ClN3O4/c1-2-3-11-28-21(30)18-17(12-13-7-9-14(29)10-8-13)27-24(19(18)22(28)31)15-5-4-6-16(25)20(15)26-23(24)32/h4-10,17-19,27,29H,2-3,11-12H2,1H3,(H,26,32)/t17-,18-,19+,24-/m1/s1. The molecule has 3 heterocycles. The van der Waals surface area contributed by atoms with E-state index in [1.807, 2.05) is 6.92 Å². The van der Waals surface area contributed by atoms with Crippen LogP contribution >= 0.6 is 11.6 Å².